The summed E-state index contributed by atoms with van der Waals surface area (Å²) in [5.41, 5.74) is 0.694. The Bertz CT molecular complexity index is 6190. The van der Waals surface area contributed by atoms with Crippen molar-refractivity contribution in [2.75, 3.05) is 75.4 Å². The molecule has 0 N–H and O–H groups in total. The lowest BCUT2D eigenvalue weighted by Crippen LogP contribution is -2.55. The monoisotopic (exact) mass is 1910 g/mol. The summed E-state index contributed by atoms with van der Waals surface area (Å²) in [6.45, 7) is 6.80. The number of carbonyl (C=O) groups excluding carboxylic acids is 12. The number of aryl methyl sites for hydroxylation is 2. The van der Waals surface area contributed by atoms with Gasteiger partial charge in [-0.3, -0.25) is 38.4 Å². The maximum atomic E-state index is 13.9. The molecule has 0 radical (unpaired) electrons. The van der Waals surface area contributed by atoms with Crippen LogP contribution in [-0.2, 0) is 50.5 Å². The SMILES string of the molecule is Cc1cccc(OC(=O)N2CCC3(CC2)CSC2=C(O3)c3cc(Cl)ccc3C(=O)C2=O)c1.Cc1cccc(OC(=O)N2CCC3(CC2)CSC2=C(O3)c3cc(F)ccc3C(=O)C2=O)c1.O=C1C(=O)c2ccccc2C2=C1SCC1(CCCN(C(=O)Oc3cccc(C(F)(F)F)c3)C1)O2.O=C1C(=O)c2ccccc2C2=C1SCC1(CCCN(C(=O)Oc3cccc(C(F)(F)F)c3)CC1)O2. The van der Waals surface area contributed by atoms with E-state index >= 15 is 0 Å². The Morgan fingerprint density at radius 3 is 1.04 bits per heavy atom. The molecule has 12 aliphatic rings. The highest BCUT2D eigenvalue weighted by atomic mass is 35.5. The number of piperidine rings is 3. The largest absolute Gasteiger partial charge is 0.484 e. The molecule has 24 nitrogen and oxygen atoms in total. The second-order valence-electron chi connectivity index (χ2n) is 33.5. The number of ether oxygens (including phenoxy) is 8. The van der Waals surface area contributed by atoms with Crippen LogP contribution in [-0.4, -0.2) is 188 Å². The number of likely N-dealkylation sites (tertiary alicyclic amines) is 4. The zero-order chi connectivity index (χ0) is 93.8. The normalized spacial score (nSPS) is 20.9. The van der Waals surface area contributed by atoms with Crippen molar-refractivity contribution < 1.29 is 126 Å². The van der Waals surface area contributed by atoms with E-state index < -0.39 is 116 Å². The summed E-state index contributed by atoms with van der Waals surface area (Å²) in [6, 6.07) is 45.2. The van der Waals surface area contributed by atoms with E-state index in [-0.39, 0.29) is 57.4 Å². The van der Waals surface area contributed by atoms with Gasteiger partial charge in [0.2, 0.25) is 46.3 Å². The molecule has 8 aromatic carbocycles. The Kier molecular flexibility index (Phi) is 25.8. The molecule has 2 unspecified atom stereocenters. The lowest BCUT2D eigenvalue weighted by Gasteiger charge is -2.45. The minimum atomic E-state index is -4.55. The minimum Gasteiger partial charge on any atom is -0.484 e. The Hall–Kier alpha value is -12.4. The Balaban J connectivity index is 0.000000124. The van der Waals surface area contributed by atoms with Crippen molar-refractivity contribution in [2.45, 2.75) is 106 Å². The Morgan fingerprint density at radius 1 is 0.331 bits per heavy atom. The molecule has 36 heteroatoms. The van der Waals surface area contributed by atoms with Gasteiger partial charge in [0.1, 0.15) is 93.9 Å². The summed E-state index contributed by atoms with van der Waals surface area (Å²) < 4.78 is 139. The van der Waals surface area contributed by atoms with Crippen molar-refractivity contribution in [3.05, 3.63) is 279 Å². The fourth-order valence-corrected chi connectivity index (χ4v) is 22.5. The van der Waals surface area contributed by atoms with Crippen LogP contribution in [0.1, 0.15) is 144 Å². The molecule has 4 spiro atoms. The molecule has 0 aromatic heterocycles. The number of ketones is 8. The molecule has 4 amide bonds. The van der Waals surface area contributed by atoms with E-state index in [2.05, 4.69) is 0 Å². The second kappa shape index (κ2) is 37.2. The van der Waals surface area contributed by atoms with E-state index in [1.165, 1.54) is 99.3 Å². The van der Waals surface area contributed by atoms with Crippen LogP contribution >= 0.6 is 58.6 Å². The number of hydrogen-bond acceptors (Lipinski definition) is 24. The lowest BCUT2D eigenvalue weighted by atomic mass is 9.90. The molecule has 20 rings (SSSR count). The highest BCUT2D eigenvalue weighted by Crippen LogP contribution is 2.53. The summed E-state index contributed by atoms with van der Waals surface area (Å²) in [5.74, 6) is -1.20. The molecule has 8 aromatic rings. The van der Waals surface area contributed by atoms with Crippen LogP contribution in [0.4, 0.5) is 49.9 Å². The first-order valence-corrected chi connectivity index (χ1v) is 46.6. The summed E-state index contributed by atoms with van der Waals surface area (Å²) in [7, 11) is 0. The van der Waals surface area contributed by atoms with Crippen molar-refractivity contribution >= 4 is 152 Å². The smallest absolute Gasteiger partial charge is 0.416 e. The zero-order valence-corrected chi connectivity index (χ0v) is 74.8. The highest BCUT2D eigenvalue weighted by molar-refractivity contribution is 8.05. The number of rotatable bonds is 4. The maximum Gasteiger partial charge on any atom is 0.416 e. The maximum absolute atomic E-state index is 13.9. The van der Waals surface area contributed by atoms with E-state index in [1.807, 2.05) is 44.2 Å². The zero-order valence-electron chi connectivity index (χ0n) is 70.8. The Morgan fingerprint density at radius 2 is 0.639 bits per heavy atom. The molecule has 686 valence electrons. The van der Waals surface area contributed by atoms with Crippen LogP contribution in [0.2, 0.25) is 5.02 Å². The van der Waals surface area contributed by atoms with Crippen LogP contribution in [0.15, 0.2) is 202 Å². The first-order chi connectivity index (χ1) is 63.5. The average Bonchev–Trinajstić information content (AvgIpc) is 1.55. The molecule has 0 bridgehead atoms. The van der Waals surface area contributed by atoms with Gasteiger partial charge in [-0.1, -0.05) is 96.5 Å². The van der Waals surface area contributed by atoms with Crippen LogP contribution in [0.5, 0.6) is 23.0 Å². The first-order valence-electron chi connectivity index (χ1n) is 42.3. The van der Waals surface area contributed by atoms with Crippen LogP contribution in [0, 0.1) is 19.7 Å². The van der Waals surface area contributed by atoms with E-state index in [1.54, 1.807) is 94.7 Å². The Labute approximate surface area is 777 Å². The topological polar surface area (TPSA) is 292 Å². The molecule has 8 aliphatic heterocycles. The summed E-state index contributed by atoms with van der Waals surface area (Å²) in [6.07, 6.45) is -6.32. The van der Waals surface area contributed by atoms with Gasteiger partial charge in [0.25, 0.3) is 0 Å². The molecular formula is C97H78ClF7N4O20S4. The fraction of sp³-hybridized carbons (Fsp3) is 0.299. The quantitative estimate of drug-likeness (QED) is 0.117. The first kappa shape index (κ1) is 92.4. The van der Waals surface area contributed by atoms with Gasteiger partial charge in [0.05, 0.1) is 17.7 Å². The number of amides is 4. The van der Waals surface area contributed by atoms with Gasteiger partial charge >= 0.3 is 36.7 Å². The summed E-state index contributed by atoms with van der Waals surface area (Å²) in [4.78, 5) is 158. The summed E-state index contributed by atoms with van der Waals surface area (Å²) >= 11 is 11.3. The van der Waals surface area contributed by atoms with Crippen molar-refractivity contribution in [1.29, 1.82) is 0 Å². The van der Waals surface area contributed by atoms with Gasteiger partial charge in [-0.15, -0.1) is 47.0 Å². The molecule has 0 saturated carbocycles. The number of benzene rings is 8. The third-order valence-corrected chi connectivity index (χ3v) is 29.9. The predicted octanol–water partition coefficient (Wildman–Crippen LogP) is 19.5. The van der Waals surface area contributed by atoms with Crippen molar-refractivity contribution in [3.63, 3.8) is 0 Å². The number of hydrogen-bond donors (Lipinski definition) is 0. The number of fused-ring (bicyclic) bond motifs is 8. The lowest BCUT2D eigenvalue weighted by molar-refractivity contribution is -0.138. The van der Waals surface area contributed by atoms with E-state index in [9.17, 15) is 88.3 Å². The number of halogens is 8. The fourth-order valence-electron chi connectivity index (χ4n) is 17.3. The molecule has 8 heterocycles. The van der Waals surface area contributed by atoms with Crippen molar-refractivity contribution in [3.8, 4) is 23.0 Å². The standard InChI is InChI=1S/C25H20F3NO5S.C24H20ClNO5S.C24H18F3NO5S.C24H20FNO5S/c26-25(27,28)15-5-3-6-16(13-15)33-23(32)29-11-4-9-24(10-12-29)14-35-22-20(31)19(30)17-7-1-2-8-18(17)21(22)34-24;1-14-3-2-4-16(11-14)30-23(29)26-9-7-24(8-10-26)13-32-22-20(28)19(27)17-6-5-15(25)12-18(17)21(22)31-24;25-24(26,27)14-5-3-6-15(11-14)32-22(31)28-10-4-9-23(12-28)13-34-21-19(30)18(29)16-7-1-2-8-17(16)20(21)33-23;1-14-3-2-4-16(11-14)30-23(29)26-9-7-24(8-10-26)13-32-22-20(28)19(27)17-6-5-15(25)12-18(17)21(22)31-24/h1-3,5-8,13H,4,9-12,14H2;2-6,11-12H,7-10,13H2,1H3;1-3,5-8,11H,4,9-10,12-13H2;2-6,11-12H,7-10,13H2,1H3. The number of thioether (sulfide) groups is 4. The van der Waals surface area contributed by atoms with Crippen LogP contribution < -0.4 is 18.9 Å². The van der Waals surface area contributed by atoms with Gasteiger partial charge in [-0.2, -0.15) is 26.3 Å². The minimum absolute atomic E-state index is 0.138. The number of Topliss-reactive ketones (excluding diaryl/α,β-unsaturated/α-hetero) is 8. The average molecular weight is 1920 g/mol. The van der Waals surface area contributed by atoms with Crippen LogP contribution in [0.25, 0.3) is 23.0 Å². The molecular weight excluding hydrogens is 1840 g/mol. The highest BCUT2D eigenvalue weighted by Gasteiger charge is 2.53. The van der Waals surface area contributed by atoms with E-state index in [0.717, 1.165) is 35.4 Å². The third kappa shape index (κ3) is 19.3. The molecule has 2 atom stereocenters. The number of carbonyl (C=O) groups is 12. The van der Waals surface area contributed by atoms with Crippen LogP contribution in [0.3, 0.4) is 0 Å². The third-order valence-electron chi connectivity index (χ3n) is 24.4. The molecule has 4 aliphatic carbocycles. The van der Waals surface area contributed by atoms with E-state index in [4.69, 9.17) is 49.5 Å². The number of allylic oxidation sites excluding steroid dienone is 4. The van der Waals surface area contributed by atoms with Gasteiger partial charge in [-0.25, -0.2) is 23.6 Å². The van der Waals surface area contributed by atoms with Crippen molar-refractivity contribution in [1.82, 2.24) is 19.6 Å². The molecule has 133 heavy (non-hydrogen) atoms. The van der Waals surface area contributed by atoms with Gasteiger partial charge in [-0.05, 0) is 148 Å². The number of nitrogens with zero attached hydrogens (tertiary/aromatic N) is 4. The predicted molar refractivity (Wildman–Crippen MR) is 478 cm³/mol. The number of alkyl halides is 6. The van der Waals surface area contributed by atoms with Gasteiger partial charge < -0.3 is 57.5 Å². The van der Waals surface area contributed by atoms with Crippen molar-refractivity contribution in [2.24, 2.45) is 0 Å². The second-order valence-corrected chi connectivity index (χ2v) is 37.9. The molecule has 4 saturated heterocycles. The van der Waals surface area contributed by atoms with Gasteiger partial charge in [0.15, 0.2) is 0 Å². The molecule has 4 fully saturated rings. The van der Waals surface area contributed by atoms with E-state index in [0.29, 0.717) is 197 Å². The van der Waals surface area contributed by atoms with Gasteiger partial charge in [0, 0.05) is 150 Å². The summed E-state index contributed by atoms with van der Waals surface area (Å²) in [5, 5.41) is 0.472.